The summed E-state index contributed by atoms with van der Waals surface area (Å²) in [6.45, 7) is 1.85. The molecule has 0 aliphatic carbocycles. The maximum atomic E-state index is 12.5. The summed E-state index contributed by atoms with van der Waals surface area (Å²) in [6, 6.07) is 4.78. The Bertz CT molecular complexity index is 585. The van der Waals surface area contributed by atoms with E-state index < -0.39 is 31.0 Å². The van der Waals surface area contributed by atoms with E-state index in [2.05, 4.69) is 5.32 Å². The normalized spacial score (nSPS) is 14.0. The van der Waals surface area contributed by atoms with Crippen molar-refractivity contribution in [1.29, 1.82) is 0 Å². The minimum atomic E-state index is -5.40. The summed E-state index contributed by atoms with van der Waals surface area (Å²) in [5.74, 6) is 0.668. The van der Waals surface area contributed by atoms with Gasteiger partial charge in [-0.2, -0.15) is 13.2 Å². The third-order valence-corrected chi connectivity index (χ3v) is 5.30. The van der Waals surface area contributed by atoms with Crippen molar-refractivity contribution >= 4 is 26.3 Å². The fourth-order valence-corrected chi connectivity index (χ4v) is 2.97. The Balaban J connectivity index is 2.98. The molecule has 0 bridgehead atoms. The SMILES string of the molecule is CCS(=O)CCNc1ccccc1S(=O)(=O)C(F)(F)F. The van der Waals surface area contributed by atoms with Crippen molar-refractivity contribution in [3.8, 4) is 0 Å². The molecule has 20 heavy (non-hydrogen) atoms. The van der Waals surface area contributed by atoms with Crippen LogP contribution in [0.2, 0.25) is 0 Å². The van der Waals surface area contributed by atoms with E-state index in [-0.39, 0.29) is 18.0 Å². The number of alkyl halides is 3. The zero-order valence-electron chi connectivity index (χ0n) is 10.6. The van der Waals surface area contributed by atoms with Gasteiger partial charge in [-0.25, -0.2) is 8.42 Å². The van der Waals surface area contributed by atoms with E-state index >= 15 is 0 Å². The van der Waals surface area contributed by atoms with Crippen LogP contribution in [-0.2, 0) is 20.6 Å². The van der Waals surface area contributed by atoms with Crippen LogP contribution in [0.1, 0.15) is 6.92 Å². The first kappa shape index (κ1) is 17.0. The zero-order chi connectivity index (χ0) is 15.4. The van der Waals surface area contributed by atoms with Gasteiger partial charge in [0, 0.05) is 28.9 Å². The van der Waals surface area contributed by atoms with Crippen LogP contribution in [0.4, 0.5) is 18.9 Å². The molecule has 0 amide bonds. The lowest BCUT2D eigenvalue weighted by molar-refractivity contribution is -0.0435. The van der Waals surface area contributed by atoms with Crippen molar-refractivity contribution < 1.29 is 25.8 Å². The highest BCUT2D eigenvalue weighted by atomic mass is 32.2. The molecule has 0 saturated carbocycles. The fourth-order valence-electron chi connectivity index (χ4n) is 1.42. The summed E-state index contributed by atoms with van der Waals surface area (Å²) >= 11 is 0. The summed E-state index contributed by atoms with van der Waals surface area (Å²) in [4.78, 5) is -0.824. The largest absolute Gasteiger partial charge is 0.501 e. The number of hydrogen-bond acceptors (Lipinski definition) is 4. The van der Waals surface area contributed by atoms with Gasteiger partial charge in [0.25, 0.3) is 9.84 Å². The first-order valence-electron chi connectivity index (χ1n) is 5.69. The van der Waals surface area contributed by atoms with E-state index in [1.54, 1.807) is 6.92 Å². The lowest BCUT2D eigenvalue weighted by Gasteiger charge is -2.13. The molecule has 0 spiro atoms. The molecule has 9 heteroatoms. The van der Waals surface area contributed by atoms with Gasteiger partial charge in [0.05, 0.1) is 10.6 Å². The molecule has 4 nitrogen and oxygen atoms in total. The van der Waals surface area contributed by atoms with Gasteiger partial charge in [0.1, 0.15) is 0 Å². The third-order valence-electron chi connectivity index (χ3n) is 2.45. The van der Waals surface area contributed by atoms with E-state index in [1.807, 2.05) is 0 Å². The van der Waals surface area contributed by atoms with E-state index in [9.17, 15) is 25.8 Å². The second-order valence-electron chi connectivity index (χ2n) is 3.80. The number of sulfone groups is 1. The van der Waals surface area contributed by atoms with Gasteiger partial charge in [-0.1, -0.05) is 19.1 Å². The third kappa shape index (κ3) is 3.95. The van der Waals surface area contributed by atoms with E-state index in [0.29, 0.717) is 5.75 Å². The predicted octanol–water partition coefficient (Wildman–Crippen LogP) is 2.16. The van der Waals surface area contributed by atoms with Crippen molar-refractivity contribution in [1.82, 2.24) is 0 Å². The van der Waals surface area contributed by atoms with Crippen molar-refractivity contribution in [3.63, 3.8) is 0 Å². The van der Waals surface area contributed by atoms with Crippen molar-refractivity contribution in [2.24, 2.45) is 0 Å². The predicted molar refractivity (Wildman–Crippen MR) is 71.7 cm³/mol. The second-order valence-corrected chi connectivity index (χ2v) is 7.58. The zero-order valence-corrected chi connectivity index (χ0v) is 12.2. The Hall–Kier alpha value is -1.09. The average molecular weight is 329 g/mol. The van der Waals surface area contributed by atoms with Crippen LogP contribution in [-0.4, -0.2) is 36.2 Å². The standard InChI is InChI=1S/C11H14F3NO3S2/c1-2-19(16)8-7-15-9-5-3-4-6-10(9)20(17,18)11(12,13)14/h3-6,15H,2,7-8H2,1H3. The molecule has 0 aromatic heterocycles. The quantitative estimate of drug-likeness (QED) is 0.869. The van der Waals surface area contributed by atoms with Gasteiger partial charge in [-0.15, -0.1) is 0 Å². The smallest absolute Gasteiger partial charge is 0.383 e. The van der Waals surface area contributed by atoms with Crippen LogP contribution in [0, 0.1) is 0 Å². The van der Waals surface area contributed by atoms with Gasteiger partial charge in [-0.3, -0.25) is 4.21 Å². The number of anilines is 1. The number of halogens is 3. The summed E-state index contributed by atoms with van der Waals surface area (Å²) in [5.41, 5.74) is -5.49. The number of benzene rings is 1. The molecule has 0 fully saturated rings. The summed E-state index contributed by atoms with van der Waals surface area (Å²) in [7, 11) is -6.48. The van der Waals surface area contributed by atoms with E-state index in [0.717, 1.165) is 6.07 Å². The van der Waals surface area contributed by atoms with Gasteiger partial charge in [0.15, 0.2) is 0 Å². The molecular formula is C11H14F3NO3S2. The van der Waals surface area contributed by atoms with Gasteiger partial charge in [0.2, 0.25) is 0 Å². The number of nitrogens with one attached hydrogen (secondary N) is 1. The van der Waals surface area contributed by atoms with Crippen LogP contribution < -0.4 is 5.32 Å². The molecule has 1 N–H and O–H groups in total. The van der Waals surface area contributed by atoms with Crippen molar-refractivity contribution in [2.75, 3.05) is 23.4 Å². The Morgan fingerprint density at radius 2 is 1.85 bits per heavy atom. The average Bonchev–Trinajstić information content (AvgIpc) is 2.37. The molecular weight excluding hydrogens is 315 g/mol. The minimum Gasteiger partial charge on any atom is -0.383 e. The van der Waals surface area contributed by atoms with Crippen LogP contribution in [0.15, 0.2) is 29.2 Å². The molecule has 1 aromatic carbocycles. The lowest BCUT2D eigenvalue weighted by Crippen LogP contribution is -2.24. The highest BCUT2D eigenvalue weighted by Gasteiger charge is 2.47. The molecule has 1 aromatic rings. The molecule has 114 valence electrons. The molecule has 0 aliphatic rings. The van der Waals surface area contributed by atoms with Crippen LogP contribution in [0.3, 0.4) is 0 Å². The van der Waals surface area contributed by atoms with Gasteiger partial charge >= 0.3 is 5.51 Å². The van der Waals surface area contributed by atoms with Gasteiger partial charge < -0.3 is 5.32 Å². The number of rotatable bonds is 6. The number of para-hydroxylation sites is 1. The monoisotopic (exact) mass is 329 g/mol. The Morgan fingerprint density at radius 3 is 2.40 bits per heavy atom. The maximum absolute atomic E-state index is 12.5. The van der Waals surface area contributed by atoms with Gasteiger partial charge in [-0.05, 0) is 12.1 Å². The lowest BCUT2D eigenvalue weighted by atomic mass is 10.3. The highest BCUT2D eigenvalue weighted by Crippen LogP contribution is 2.34. The Labute approximate surface area is 117 Å². The topological polar surface area (TPSA) is 63.2 Å². The maximum Gasteiger partial charge on any atom is 0.501 e. The van der Waals surface area contributed by atoms with Crippen molar-refractivity contribution in [2.45, 2.75) is 17.3 Å². The van der Waals surface area contributed by atoms with Crippen LogP contribution in [0.5, 0.6) is 0 Å². The Kier molecular flexibility index (Phi) is 5.58. The summed E-state index contributed by atoms with van der Waals surface area (Å²) in [6.07, 6.45) is 0. The van der Waals surface area contributed by atoms with E-state index in [4.69, 9.17) is 0 Å². The fraction of sp³-hybridized carbons (Fsp3) is 0.455. The Morgan fingerprint density at radius 1 is 1.25 bits per heavy atom. The molecule has 0 radical (unpaired) electrons. The van der Waals surface area contributed by atoms with Crippen LogP contribution >= 0.6 is 0 Å². The highest BCUT2D eigenvalue weighted by molar-refractivity contribution is 7.92. The minimum absolute atomic E-state index is 0.130. The first-order valence-corrected chi connectivity index (χ1v) is 8.66. The summed E-state index contributed by atoms with van der Waals surface area (Å²) < 4.78 is 71.6. The molecule has 0 aliphatic heterocycles. The second kappa shape index (κ2) is 6.57. The molecule has 1 unspecified atom stereocenters. The number of hydrogen-bond donors (Lipinski definition) is 1. The molecule has 0 saturated heterocycles. The van der Waals surface area contributed by atoms with Crippen molar-refractivity contribution in [3.05, 3.63) is 24.3 Å². The first-order chi connectivity index (χ1) is 9.20. The summed E-state index contributed by atoms with van der Waals surface area (Å²) in [5, 5.41) is 2.58. The molecule has 1 atom stereocenters. The molecule has 0 heterocycles. The van der Waals surface area contributed by atoms with E-state index in [1.165, 1.54) is 18.2 Å². The van der Waals surface area contributed by atoms with Crippen LogP contribution in [0.25, 0.3) is 0 Å². The molecule has 1 rings (SSSR count).